The highest BCUT2D eigenvalue weighted by Gasteiger charge is 2.35. The van der Waals surface area contributed by atoms with E-state index < -0.39 is 22.6 Å². The van der Waals surface area contributed by atoms with Crippen molar-refractivity contribution >= 4 is 17.9 Å². The van der Waals surface area contributed by atoms with Gasteiger partial charge in [0.15, 0.2) is 5.82 Å². The summed E-state index contributed by atoms with van der Waals surface area (Å²) in [7, 11) is 0. The van der Waals surface area contributed by atoms with Crippen LogP contribution in [0, 0.1) is 5.82 Å². The predicted molar refractivity (Wildman–Crippen MR) is 41.8 cm³/mol. The zero-order valence-electron chi connectivity index (χ0n) is 6.53. The van der Waals surface area contributed by atoms with Crippen molar-refractivity contribution in [1.29, 1.82) is 0 Å². The summed E-state index contributed by atoms with van der Waals surface area (Å²) in [6.07, 6.45) is -4.69. The van der Waals surface area contributed by atoms with E-state index in [1.54, 1.807) is 0 Å². The number of halogens is 5. The van der Waals surface area contributed by atoms with Crippen molar-refractivity contribution in [3.8, 4) is 0 Å². The first-order chi connectivity index (χ1) is 6.36. The van der Waals surface area contributed by atoms with Crippen LogP contribution in [0.3, 0.4) is 0 Å². The second-order valence-electron chi connectivity index (χ2n) is 2.48. The Morgan fingerprint density at radius 1 is 1.29 bits per heavy atom. The zero-order chi connectivity index (χ0) is 10.9. The number of carbonyl (C=O) groups is 1. The lowest BCUT2D eigenvalue weighted by molar-refractivity contribution is -0.140. The van der Waals surface area contributed by atoms with Crippen molar-refractivity contribution in [2.24, 2.45) is 0 Å². The maximum atomic E-state index is 12.8. The lowest BCUT2D eigenvalue weighted by Crippen LogP contribution is -2.09. The number of carbonyl (C=O) groups excluding carboxylic acids is 1. The topological polar surface area (TPSA) is 17.1 Å². The molecule has 0 aliphatic carbocycles. The van der Waals surface area contributed by atoms with Crippen molar-refractivity contribution in [3.63, 3.8) is 0 Å². The summed E-state index contributed by atoms with van der Waals surface area (Å²) in [6, 6.07) is 1.24. The number of benzene rings is 1. The van der Waals surface area contributed by atoms with Crippen LogP contribution < -0.4 is 0 Å². The minimum Gasteiger partial charge on any atom is -0.298 e. The second kappa shape index (κ2) is 3.57. The molecule has 14 heavy (non-hydrogen) atoms. The molecule has 0 heterocycles. The minimum atomic E-state index is -4.85. The van der Waals surface area contributed by atoms with Gasteiger partial charge in [-0.15, -0.1) is 0 Å². The number of aldehydes is 1. The van der Waals surface area contributed by atoms with Gasteiger partial charge in [-0.3, -0.25) is 4.79 Å². The SMILES string of the molecule is O=Cc1cc(Cl)c(F)c(C(F)(F)F)c1. The van der Waals surface area contributed by atoms with E-state index in [1.165, 1.54) is 0 Å². The Morgan fingerprint density at radius 3 is 2.29 bits per heavy atom. The van der Waals surface area contributed by atoms with Gasteiger partial charge in [-0.05, 0) is 12.1 Å². The molecule has 1 nitrogen and oxygen atoms in total. The fraction of sp³-hybridized carbons (Fsp3) is 0.125. The van der Waals surface area contributed by atoms with Crippen molar-refractivity contribution in [3.05, 3.63) is 34.1 Å². The van der Waals surface area contributed by atoms with Gasteiger partial charge in [0.25, 0.3) is 0 Å². The molecule has 0 atom stereocenters. The highest BCUT2D eigenvalue weighted by Crippen LogP contribution is 2.34. The third-order valence-electron chi connectivity index (χ3n) is 1.49. The van der Waals surface area contributed by atoms with Crippen LogP contribution in [0.2, 0.25) is 5.02 Å². The first kappa shape index (κ1) is 11.0. The van der Waals surface area contributed by atoms with Gasteiger partial charge in [0.1, 0.15) is 6.29 Å². The third kappa shape index (κ3) is 2.04. The molecule has 0 amide bonds. The molecular weight excluding hydrogens is 224 g/mol. The lowest BCUT2D eigenvalue weighted by atomic mass is 10.1. The molecule has 0 fully saturated rings. The molecule has 0 saturated heterocycles. The molecular formula is C8H3ClF4O. The van der Waals surface area contributed by atoms with Crippen LogP contribution in [-0.2, 0) is 6.18 Å². The summed E-state index contributed by atoms with van der Waals surface area (Å²) in [4.78, 5) is 10.2. The van der Waals surface area contributed by atoms with Gasteiger partial charge in [-0.1, -0.05) is 11.6 Å². The summed E-state index contributed by atoms with van der Waals surface area (Å²) in [5.74, 6) is -1.57. The maximum Gasteiger partial charge on any atom is 0.419 e. The maximum absolute atomic E-state index is 12.8. The van der Waals surface area contributed by atoms with Gasteiger partial charge >= 0.3 is 6.18 Å². The van der Waals surface area contributed by atoms with Gasteiger partial charge < -0.3 is 0 Å². The molecule has 1 rings (SSSR count). The van der Waals surface area contributed by atoms with E-state index in [2.05, 4.69) is 0 Å². The van der Waals surface area contributed by atoms with E-state index in [4.69, 9.17) is 11.6 Å². The van der Waals surface area contributed by atoms with E-state index >= 15 is 0 Å². The molecule has 0 aromatic heterocycles. The van der Waals surface area contributed by atoms with Crippen LogP contribution in [0.4, 0.5) is 17.6 Å². The Kier molecular flexibility index (Phi) is 2.80. The van der Waals surface area contributed by atoms with Crippen molar-refractivity contribution in [1.82, 2.24) is 0 Å². The molecule has 0 radical (unpaired) electrons. The van der Waals surface area contributed by atoms with Crippen molar-refractivity contribution in [2.75, 3.05) is 0 Å². The summed E-state index contributed by atoms with van der Waals surface area (Å²) in [5.41, 5.74) is -1.85. The van der Waals surface area contributed by atoms with Gasteiger partial charge in [0.05, 0.1) is 10.6 Å². The van der Waals surface area contributed by atoms with Gasteiger partial charge in [-0.25, -0.2) is 4.39 Å². The zero-order valence-corrected chi connectivity index (χ0v) is 7.29. The fourth-order valence-corrected chi connectivity index (χ4v) is 1.11. The summed E-state index contributed by atoms with van der Waals surface area (Å²) < 4.78 is 49.2. The van der Waals surface area contributed by atoms with Crippen molar-refractivity contribution < 1.29 is 22.4 Å². The lowest BCUT2D eigenvalue weighted by Gasteiger charge is -2.09. The minimum absolute atomic E-state index is 0.167. The van der Waals surface area contributed by atoms with Crippen LogP contribution in [0.5, 0.6) is 0 Å². The largest absolute Gasteiger partial charge is 0.419 e. The Labute approximate surface area is 81.3 Å². The molecule has 0 saturated carbocycles. The normalized spacial score (nSPS) is 11.5. The molecule has 0 bridgehead atoms. The fourth-order valence-electron chi connectivity index (χ4n) is 0.884. The molecule has 6 heteroatoms. The van der Waals surface area contributed by atoms with Crippen LogP contribution >= 0.6 is 11.6 Å². The highest BCUT2D eigenvalue weighted by atomic mass is 35.5. The van der Waals surface area contributed by atoms with E-state index in [-0.39, 0.29) is 11.8 Å². The highest BCUT2D eigenvalue weighted by molar-refractivity contribution is 6.31. The average molecular weight is 227 g/mol. The molecule has 0 N–H and O–H groups in total. The standard InChI is InChI=1S/C8H3ClF4O/c9-6-2-4(3-14)1-5(7(6)10)8(11,12)13/h1-3H. The molecule has 76 valence electrons. The van der Waals surface area contributed by atoms with Crippen LogP contribution in [0.25, 0.3) is 0 Å². The first-order valence-electron chi connectivity index (χ1n) is 3.37. The van der Waals surface area contributed by atoms with Crippen molar-refractivity contribution in [2.45, 2.75) is 6.18 Å². The Morgan fingerprint density at radius 2 is 1.86 bits per heavy atom. The molecule has 0 aliphatic heterocycles. The average Bonchev–Trinajstić information content (AvgIpc) is 2.07. The third-order valence-corrected chi connectivity index (χ3v) is 1.77. The Hall–Kier alpha value is -1.10. The number of rotatable bonds is 1. The molecule has 0 aliphatic rings. The monoisotopic (exact) mass is 226 g/mol. The number of hydrogen-bond acceptors (Lipinski definition) is 1. The quantitative estimate of drug-likeness (QED) is 0.530. The smallest absolute Gasteiger partial charge is 0.298 e. The second-order valence-corrected chi connectivity index (χ2v) is 2.89. The number of hydrogen-bond donors (Lipinski definition) is 0. The van der Waals surface area contributed by atoms with Gasteiger partial charge in [-0.2, -0.15) is 13.2 Å². The summed E-state index contributed by atoms with van der Waals surface area (Å²) >= 11 is 5.17. The Balaban J connectivity index is 3.42. The molecule has 0 unspecified atom stereocenters. The van der Waals surface area contributed by atoms with Crippen LogP contribution in [0.1, 0.15) is 15.9 Å². The Bertz CT molecular complexity index is 372. The predicted octanol–water partition coefficient (Wildman–Crippen LogP) is 3.31. The molecule has 0 spiro atoms. The van der Waals surface area contributed by atoms with E-state index in [0.717, 1.165) is 6.07 Å². The van der Waals surface area contributed by atoms with Gasteiger partial charge in [0, 0.05) is 5.56 Å². The van der Waals surface area contributed by atoms with Gasteiger partial charge in [0.2, 0.25) is 0 Å². The number of alkyl halides is 3. The van der Waals surface area contributed by atoms with E-state index in [9.17, 15) is 22.4 Å². The van der Waals surface area contributed by atoms with E-state index in [0.29, 0.717) is 6.07 Å². The summed E-state index contributed by atoms with van der Waals surface area (Å²) in [6.45, 7) is 0. The first-order valence-corrected chi connectivity index (χ1v) is 3.75. The van der Waals surface area contributed by atoms with E-state index in [1.807, 2.05) is 0 Å². The van der Waals surface area contributed by atoms with Crippen LogP contribution in [0.15, 0.2) is 12.1 Å². The molecule has 1 aromatic rings. The molecule has 1 aromatic carbocycles. The summed E-state index contributed by atoms with van der Waals surface area (Å²) in [5, 5.41) is -0.720. The van der Waals surface area contributed by atoms with Crippen LogP contribution in [-0.4, -0.2) is 6.29 Å².